The van der Waals surface area contributed by atoms with Crippen LogP contribution in [0, 0.1) is 0 Å². The molecule has 1 fully saturated rings. The zero-order valence-corrected chi connectivity index (χ0v) is 19.1. The van der Waals surface area contributed by atoms with Gasteiger partial charge < -0.3 is 14.7 Å². The molecule has 0 unspecified atom stereocenters. The maximum atomic E-state index is 12.5. The van der Waals surface area contributed by atoms with Gasteiger partial charge in [-0.15, -0.1) is 0 Å². The Morgan fingerprint density at radius 1 is 0.933 bits per heavy atom. The monoisotopic (exact) mass is 423 g/mol. The van der Waals surface area contributed by atoms with Gasteiger partial charge in [-0.25, -0.2) is 0 Å². The van der Waals surface area contributed by atoms with Crippen molar-refractivity contribution in [3.05, 3.63) is 48.0 Å². The van der Waals surface area contributed by atoms with Crippen LogP contribution in [0.2, 0.25) is 0 Å². The molecule has 0 saturated carbocycles. The van der Waals surface area contributed by atoms with Crippen molar-refractivity contribution in [2.45, 2.75) is 42.4 Å². The Hall–Kier alpha value is -1.82. The second kappa shape index (κ2) is 9.99. The first kappa shape index (κ1) is 21.4. The second-order valence-electron chi connectivity index (χ2n) is 8.43. The van der Waals surface area contributed by atoms with E-state index in [1.165, 1.54) is 60.3 Å². The molecule has 0 radical (unpaired) electrons. The molecule has 0 atom stereocenters. The fraction of sp³-hybridized carbons (Fsp3) is 0.480. The summed E-state index contributed by atoms with van der Waals surface area (Å²) in [6.07, 6.45) is 3.87. The van der Waals surface area contributed by atoms with Crippen LogP contribution in [0.3, 0.4) is 0 Å². The van der Waals surface area contributed by atoms with Crippen molar-refractivity contribution in [3.8, 4) is 0 Å². The van der Waals surface area contributed by atoms with Crippen molar-refractivity contribution in [2.24, 2.45) is 0 Å². The first-order valence-corrected chi connectivity index (χ1v) is 12.1. The number of rotatable bonds is 8. The van der Waals surface area contributed by atoms with E-state index >= 15 is 0 Å². The van der Waals surface area contributed by atoms with Crippen LogP contribution in [0.25, 0.3) is 0 Å². The third kappa shape index (κ3) is 4.90. The summed E-state index contributed by atoms with van der Waals surface area (Å²) < 4.78 is 0. The number of Topliss-reactive ketones (excluding diaryl/α,β-unsaturated/α-hetero) is 1. The minimum atomic E-state index is 0.249. The fourth-order valence-electron chi connectivity index (χ4n) is 4.29. The van der Waals surface area contributed by atoms with Gasteiger partial charge >= 0.3 is 0 Å². The highest BCUT2D eigenvalue weighted by atomic mass is 32.2. The predicted molar refractivity (Wildman–Crippen MR) is 126 cm³/mol. The highest BCUT2D eigenvalue weighted by Crippen LogP contribution is 2.48. The van der Waals surface area contributed by atoms with E-state index in [4.69, 9.17) is 0 Å². The van der Waals surface area contributed by atoms with Crippen molar-refractivity contribution in [3.63, 3.8) is 0 Å². The van der Waals surface area contributed by atoms with Crippen LogP contribution in [-0.4, -0.2) is 61.9 Å². The number of piperazine rings is 1. The summed E-state index contributed by atoms with van der Waals surface area (Å²) >= 11 is 1.82. The van der Waals surface area contributed by atoms with Crippen molar-refractivity contribution in [1.82, 2.24) is 9.80 Å². The van der Waals surface area contributed by atoms with E-state index < -0.39 is 0 Å². The number of carbonyl (C=O) groups excluding carboxylic acids is 1. The van der Waals surface area contributed by atoms with Crippen LogP contribution < -0.4 is 4.90 Å². The van der Waals surface area contributed by atoms with Gasteiger partial charge in [0.25, 0.3) is 0 Å². The van der Waals surface area contributed by atoms with E-state index in [1.54, 1.807) is 0 Å². The summed E-state index contributed by atoms with van der Waals surface area (Å²) in [5.41, 5.74) is 3.31. The molecule has 2 aliphatic heterocycles. The summed E-state index contributed by atoms with van der Waals surface area (Å²) in [4.78, 5) is 22.5. The smallest absolute Gasteiger partial charge is 0.162 e. The lowest BCUT2D eigenvalue weighted by Gasteiger charge is -2.34. The summed E-state index contributed by atoms with van der Waals surface area (Å²) in [6, 6.07) is 14.9. The van der Waals surface area contributed by atoms with Crippen LogP contribution in [0.15, 0.2) is 52.3 Å². The van der Waals surface area contributed by atoms with E-state index in [9.17, 15) is 4.79 Å². The molecule has 0 N–H and O–H groups in total. The third-order valence-corrected chi connectivity index (χ3v) is 7.26. The Labute approximate surface area is 185 Å². The molecule has 0 bridgehead atoms. The SMILES string of the molecule is CCCC(=O)c1ccc2c(c1)N(CCCCN1CCN(C)CC1)c1ccccc1S2. The molecule has 2 aromatic carbocycles. The summed E-state index contributed by atoms with van der Waals surface area (Å²) in [5.74, 6) is 0.249. The predicted octanol–water partition coefficient (Wildman–Crippen LogP) is 5.30. The highest BCUT2D eigenvalue weighted by Gasteiger charge is 2.24. The van der Waals surface area contributed by atoms with E-state index in [0.29, 0.717) is 6.42 Å². The molecule has 0 amide bonds. The Morgan fingerprint density at radius 2 is 1.67 bits per heavy atom. The number of carbonyl (C=O) groups is 1. The molecular formula is C25H33N3OS. The van der Waals surface area contributed by atoms with Gasteiger partial charge in [0.1, 0.15) is 0 Å². The maximum absolute atomic E-state index is 12.5. The third-order valence-electron chi connectivity index (χ3n) is 6.13. The van der Waals surface area contributed by atoms with E-state index in [2.05, 4.69) is 65.1 Å². The largest absolute Gasteiger partial charge is 0.340 e. The first-order valence-electron chi connectivity index (χ1n) is 11.3. The van der Waals surface area contributed by atoms with Crippen LogP contribution >= 0.6 is 11.8 Å². The van der Waals surface area contributed by atoms with Gasteiger partial charge in [0.15, 0.2) is 5.78 Å². The van der Waals surface area contributed by atoms with Gasteiger partial charge in [0.2, 0.25) is 0 Å². The lowest BCUT2D eigenvalue weighted by molar-refractivity contribution is 0.0981. The van der Waals surface area contributed by atoms with Crippen LogP contribution in [-0.2, 0) is 0 Å². The van der Waals surface area contributed by atoms with Gasteiger partial charge in [-0.2, -0.15) is 0 Å². The van der Waals surface area contributed by atoms with Crippen molar-refractivity contribution >= 4 is 28.9 Å². The number of ketones is 1. The molecule has 160 valence electrons. The van der Waals surface area contributed by atoms with Crippen LogP contribution in [0.4, 0.5) is 11.4 Å². The van der Waals surface area contributed by atoms with Crippen molar-refractivity contribution in [1.29, 1.82) is 0 Å². The number of unbranched alkanes of at least 4 members (excludes halogenated alkanes) is 1. The molecule has 2 aromatic rings. The molecule has 0 spiro atoms. The number of benzene rings is 2. The molecule has 0 aliphatic carbocycles. The number of hydrogen-bond acceptors (Lipinski definition) is 5. The Kier molecular flexibility index (Phi) is 7.13. The summed E-state index contributed by atoms with van der Waals surface area (Å²) in [7, 11) is 2.21. The zero-order valence-electron chi connectivity index (χ0n) is 18.3. The molecule has 4 rings (SSSR count). The molecular weight excluding hydrogens is 390 g/mol. The van der Waals surface area contributed by atoms with E-state index in [1.807, 2.05) is 17.8 Å². The van der Waals surface area contributed by atoms with Crippen LogP contribution in [0.1, 0.15) is 43.0 Å². The fourth-order valence-corrected chi connectivity index (χ4v) is 5.37. The molecule has 2 heterocycles. The molecule has 2 aliphatic rings. The van der Waals surface area contributed by atoms with Gasteiger partial charge in [0, 0.05) is 54.5 Å². The molecule has 30 heavy (non-hydrogen) atoms. The first-order chi connectivity index (χ1) is 14.7. The number of hydrogen-bond donors (Lipinski definition) is 0. The van der Waals surface area contributed by atoms with Crippen LogP contribution in [0.5, 0.6) is 0 Å². The summed E-state index contributed by atoms with van der Waals surface area (Å²) in [5, 5.41) is 0. The highest BCUT2D eigenvalue weighted by molar-refractivity contribution is 7.99. The Balaban J connectivity index is 1.47. The molecule has 1 saturated heterocycles. The topological polar surface area (TPSA) is 26.8 Å². The minimum Gasteiger partial charge on any atom is -0.340 e. The number of likely N-dealkylation sites (N-methyl/N-ethyl adjacent to an activating group) is 1. The average molecular weight is 424 g/mol. The van der Waals surface area contributed by atoms with Gasteiger partial charge in [-0.3, -0.25) is 4.79 Å². The van der Waals surface area contributed by atoms with E-state index in [0.717, 1.165) is 24.9 Å². The van der Waals surface area contributed by atoms with Gasteiger partial charge in [0.05, 0.1) is 11.4 Å². The minimum absolute atomic E-state index is 0.249. The van der Waals surface area contributed by atoms with Gasteiger partial charge in [-0.05, 0) is 57.1 Å². The number of fused-ring (bicyclic) bond motifs is 2. The number of anilines is 2. The molecule has 4 nitrogen and oxygen atoms in total. The standard InChI is InChI=1S/C25H33N3OS/c1-3-8-23(29)20-11-12-25-22(19-20)28(21-9-4-5-10-24(21)30-25)14-7-6-13-27-17-15-26(2)16-18-27/h4-5,9-12,19H,3,6-8,13-18H2,1-2H3. The normalized spacial score (nSPS) is 16.9. The Morgan fingerprint density at radius 3 is 2.47 bits per heavy atom. The second-order valence-corrected chi connectivity index (χ2v) is 9.51. The number of nitrogens with zero attached hydrogens (tertiary/aromatic N) is 3. The van der Waals surface area contributed by atoms with Crippen molar-refractivity contribution in [2.75, 3.05) is 51.2 Å². The quantitative estimate of drug-likeness (QED) is 0.424. The van der Waals surface area contributed by atoms with Gasteiger partial charge in [-0.1, -0.05) is 36.9 Å². The lowest BCUT2D eigenvalue weighted by Crippen LogP contribution is -2.44. The lowest BCUT2D eigenvalue weighted by atomic mass is 10.1. The van der Waals surface area contributed by atoms with Crippen molar-refractivity contribution < 1.29 is 4.79 Å². The van der Waals surface area contributed by atoms with E-state index in [-0.39, 0.29) is 5.78 Å². The summed E-state index contributed by atoms with van der Waals surface area (Å²) in [6.45, 7) is 8.97. The maximum Gasteiger partial charge on any atom is 0.162 e. The average Bonchev–Trinajstić information content (AvgIpc) is 2.77. The molecule has 5 heteroatoms. The number of para-hydroxylation sites is 1. The zero-order chi connectivity index (χ0) is 20.9. The Bertz CT molecular complexity index is 876. The molecule has 0 aromatic heterocycles.